The van der Waals surface area contributed by atoms with Crippen LogP contribution in [0.25, 0.3) is 11.0 Å². The number of nitrogens with one attached hydrogen (secondary N) is 1. The van der Waals surface area contributed by atoms with Crippen molar-refractivity contribution in [3.8, 4) is 5.75 Å². The summed E-state index contributed by atoms with van der Waals surface area (Å²) in [6.07, 6.45) is 5.86. The molecule has 2 saturated heterocycles. The Kier molecular flexibility index (Phi) is 4.95. The van der Waals surface area contributed by atoms with Crippen LogP contribution in [0.5, 0.6) is 5.75 Å². The summed E-state index contributed by atoms with van der Waals surface area (Å²) in [5.41, 5.74) is 1.27. The van der Waals surface area contributed by atoms with Crippen LogP contribution in [0.4, 0.5) is 4.79 Å². The highest BCUT2D eigenvalue weighted by molar-refractivity contribution is 5.90. The highest BCUT2D eigenvalue weighted by Gasteiger charge is 2.43. The third-order valence-corrected chi connectivity index (χ3v) is 6.48. The molecule has 4 rings (SSSR count). The lowest BCUT2D eigenvalue weighted by molar-refractivity contribution is 0.181. The lowest BCUT2D eigenvalue weighted by atomic mass is 9.90. The van der Waals surface area contributed by atoms with Gasteiger partial charge < -0.3 is 10.1 Å². The Bertz CT molecular complexity index is 933. The molecule has 0 bridgehead atoms. The molecule has 2 aromatic rings. The first-order valence-corrected chi connectivity index (χ1v) is 10.3. The van der Waals surface area contributed by atoms with Gasteiger partial charge in [0.15, 0.2) is 0 Å². The minimum Gasteiger partial charge on any atom is -0.497 e. The van der Waals surface area contributed by atoms with Crippen LogP contribution < -0.4 is 15.7 Å². The fourth-order valence-electron chi connectivity index (χ4n) is 5.14. The maximum Gasteiger partial charge on any atom is 0.337 e. The minimum absolute atomic E-state index is 0.0399. The van der Waals surface area contributed by atoms with E-state index >= 15 is 0 Å². The van der Waals surface area contributed by atoms with Crippen LogP contribution in [0.15, 0.2) is 23.0 Å². The van der Waals surface area contributed by atoms with Gasteiger partial charge in [0.05, 0.1) is 18.1 Å². The number of benzene rings is 1. The number of rotatable bonds is 5. The van der Waals surface area contributed by atoms with Crippen molar-refractivity contribution in [1.29, 1.82) is 0 Å². The number of carbonyl (C=O) groups is 1. The Morgan fingerprint density at radius 1 is 1.21 bits per heavy atom. The van der Waals surface area contributed by atoms with E-state index < -0.39 is 0 Å². The number of hydrogen-bond acceptors (Lipinski definition) is 4. The molecule has 152 valence electrons. The lowest BCUT2D eigenvalue weighted by Gasteiger charge is -2.32. The van der Waals surface area contributed by atoms with E-state index in [0.717, 1.165) is 11.9 Å². The maximum atomic E-state index is 13.0. The molecule has 0 unspecified atom stereocenters. The van der Waals surface area contributed by atoms with E-state index in [1.165, 1.54) is 43.3 Å². The van der Waals surface area contributed by atoms with Crippen LogP contribution >= 0.6 is 0 Å². The zero-order chi connectivity index (χ0) is 19.9. The first kappa shape index (κ1) is 19.1. The monoisotopic (exact) mass is 386 g/mol. The molecule has 3 heterocycles. The highest BCUT2D eigenvalue weighted by atomic mass is 16.5. The largest absolute Gasteiger partial charge is 0.497 e. The Morgan fingerprint density at radius 3 is 2.57 bits per heavy atom. The van der Waals surface area contributed by atoms with Gasteiger partial charge in [0.2, 0.25) is 0 Å². The zero-order valence-electron chi connectivity index (χ0n) is 17.0. The molecule has 7 heteroatoms. The van der Waals surface area contributed by atoms with Crippen LogP contribution in [-0.2, 0) is 0 Å². The van der Waals surface area contributed by atoms with Crippen LogP contribution in [0, 0.1) is 0 Å². The molecule has 0 radical (unpaired) electrons. The number of carbonyl (C=O) groups excluding carboxylic acids is 1. The highest BCUT2D eigenvalue weighted by Crippen LogP contribution is 2.40. The van der Waals surface area contributed by atoms with Crippen molar-refractivity contribution in [2.75, 3.05) is 26.7 Å². The number of aromatic nitrogens is 2. The predicted octanol–water partition coefficient (Wildman–Crippen LogP) is 2.97. The Morgan fingerprint density at radius 2 is 1.93 bits per heavy atom. The number of imidazole rings is 1. The quantitative estimate of drug-likeness (QED) is 0.858. The summed E-state index contributed by atoms with van der Waals surface area (Å²) in [7, 11) is 1.58. The van der Waals surface area contributed by atoms with Gasteiger partial charge >= 0.3 is 11.7 Å². The molecular weight excluding hydrogens is 356 g/mol. The van der Waals surface area contributed by atoms with E-state index in [1.54, 1.807) is 17.7 Å². The lowest BCUT2D eigenvalue weighted by Crippen LogP contribution is -2.43. The third kappa shape index (κ3) is 3.02. The Hall–Kier alpha value is -2.28. The molecule has 0 spiro atoms. The topological polar surface area (TPSA) is 68.5 Å². The van der Waals surface area contributed by atoms with E-state index in [9.17, 15) is 9.59 Å². The number of methoxy groups -OCH3 is 1. The van der Waals surface area contributed by atoms with Gasteiger partial charge in [-0.1, -0.05) is 0 Å². The summed E-state index contributed by atoms with van der Waals surface area (Å²) < 4.78 is 8.20. The molecule has 2 aliphatic rings. The molecule has 2 aliphatic heterocycles. The maximum absolute atomic E-state index is 13.0. The van der Waals surface area contributed by atoms with Gasteiger partial charge in [0.1, 0.15) is 5.75 Å². The molecule has 28 heavy (non-hydrogen) atoms. The fraction of sp³-hybridized carbons (Fsp3) is 0.619. The predicted molar refractivity (Wildman–Crippen MR) is 109 cm³/mol. The van der Waals surface area contributed by atoms with E-state index in [2.05, 4.69) is 10.2 Å². The molecule has 1 amide bonds. The number of ether oxygens (including phenoxy) is 1. The molecule has 1 aromatic carbocycles. The molecule has 1 N–H and O–H groups in total. The van der Waals surface area contributed by atoms with Crippen LogP contribution in [0.1, 0.15) is 52.0 Å². The molecule has 1 aromatic heterocycles. The third-order valence-electron chi connectivity index (χ3n) is 6.48. The van der Waals surface area contributed by atoms with Crippen molar-refractivity contribution < 1.29 is 9.53 Å². The summed E-state index contributed by atoms with van der Waals surface area (Å²) in [5.74, 6) is 0.626. The van der Waals surface area contributed by atoms with Crippen LogP contribution in [-0.4, -0.2) is 52.3 Å². The van der Waals surface area contributed by atoms with Gasteiger partial charge in [-0.05, 0) is 71.2 Å². The Balaban J connectivity index is 1.58. The Labute approximate surface area is 165 Å². The van der Waals surface area contributed by atoms with Gasteiger partial charge in [-0.2, -0.15) is 0 Å². The van der Waals surface area contributed by atoms with Crippen LogP contribution in [0.2, 0.25) is 0 Å². The molecule has 2 fully saturated rings. The molecule has 7 nitrogen and oxygen atoms in total. The van der Waals surface area contributed by atoms with E-state index in [1.807, 2.05) is 26.0 Å². The number of fused-ring (bicyclic) bond motifs is 2. The molecular formula is C21H30N4O3. The first-order chi connectivity index (χ1) is 13.5. The molecule has 0 aliphatic carbocycles. The summed E-state index contributed by atoms with van der Waals surface area (Å²) in [4.78, 5) is 28.5. The van der Waals surface area contributed by atoms with Gasteiger partial charge in [-0.15, -0.1) is 0 Å². The molecule has 0 atom stereocenters. The van der Waals surface area contributed by atoms with Crippen molar-refractivity contribution in [1.82, 2.24) is 19.4 Å². The average Bonchev–Trinajstić information content (AvgIpc) is 3.30. The molecule has 0 saturated carbocycles. The minimum atomic E-state index is -0.360. The fourth-order valence-corrected chi connectivity index (χ4v) is 5.14. The van der Waals surface area contributed by atoms with Crippen molar-refractivity contribution in [3.05, 3.63) is 28.7 Å². The van der Waals surface area contributed by atoms with E-state index in [0.29, 0.717) is 17.8 Å². The van der Waals surface area contributed by atoms with Crippen molar-refractivity contribution in [3.63, 3.8) is 0 Å². The summed E-state index contributed by atoms with van der Waals surface area (Å²) in [5, 5.41) is 3.00. The van der Waals surface area contributed by atoms with Gasteiger partial charge in [0, 0.05) is 24.2 Å². The standard InChI is InChI=1S/C21H30N4O3/c1-15(2)24-17-7-6-16(28-3)14-18(17)25(20(24)27)19(26)22-11-10-21-8-4-12-23(21)13-5-9-21/h6-7,14-15H,4-5,8-13H2,1-3H3,(H,22,26). The smallest absolute Gasteiger partial charge is 0.337 e. The van der Waals surface area contributed by atoms with E-state index in [4.69, 9.17) is 4.74 Å². The second-order valence-corrected chi connectivity index (χ2v) is 8.34. The van der Waals surface area contributed by atoms with Crippen molar-refractivity contribution in [2.45, 2.75) is 57.5 Å². The average molecular weight is 386 g/mol. The van der Waals surface area contributed by atoms with Gasteiger partial charge in [0.25, 0.3) is 0 Å². The summed E-state index contributed by atoms with van der Waals surface area (Å²) >= 11 is 0. The second kappa shape index (κ2) is 7.28. The zero-order valence-corrected chi connectivity index (χ0v) is 17.0. The summed E-state index contributed by atoms with van der Waals surface area (Å²) in [6.45, 7) is 6.83. The van der Waals surface area contributed by atoms with Gasteiger partial charge in [-0.3, -0.25) is 9.47 Å². The SMILES string of the molecule is COc1ccc2c(c1)n(C(=O)NCCC13CCCN1CCC3)c(=O)n2C(C)C. The van der Waals surface area contributed by atoms with E-state index in [-0.39, 0.29) is 23.3 Å². The first-order valence-electron chi connectivity index (χ1n) is 10.3. The van der Waals surface area contributed by atoms with Crippen LogP contribution in [0.3, 0.4) is 0 Å². The summed E-state index contributed by atoms with van der Waals surface area (Å²) in [6, 6.07) is 5.01. The number of hydrogen-bond donors (Lipinski definition) is 1. The number of amides is 1. The van der Waals surface area contributed by atoms with Crippen molar-refractivity contribution >= 4 is 17.1 Å². The normalized spacial score (nSPS) is 18.7. The van der Waals surface area contributed by atoms with Crippen molar-refractivity contribution in [2.24, 2.45) is 0 Å². The second-order valence-electron chi connectivity index (χ2n) is 8.34. The van der Waals surface area contributed by atoms with Gasteiger partial charge in [-0.25, -0.2) is 14.2 Å². The number of nitrogens with zero attached hydrogens (tertiary/aromatic N) is 3.